The molecule has 3 N–H and O–H groups in total. The first-order chi connectivity index (χ1) is 9.45. The van der Waals surface area contributed by atoms with E-state index in [-0.39, 0.29) is 18.4 Å². The van der Waals surface area contributed by atoms with E-state index in [1.165, 1.54) is 7.11 Å². The molecule has 1 aliphatic rings. The number of carbonyl (C=O) groups is 2. The van der Waals surface area contributed by atoms with Crippen molar-refractivity contribution in [2.75, 3.05) is 20.2 Å². The summed E-state index contributed by atoms with van der Waals surface area (Å²) in [6.07, 6.45) is 0.837. The van der Waals surface area contributed by atoms with Gasteiger partial charge in [0.1, 0.15) is 0 Å². The number of amides is 1. The smallest absolute Gasteiger partial charge is 0.313 e. The average Bonchev–Trinajstić information content (AvgIpc) is 2.88. The molecule has 1 amide bonds. The SMILES string of the molecule is COC(=O)C(C)(C)CNC(=O)c1n[nH]c2c1CNCC2. The lowest BCUT2D eigenvalue weighted by atomic mass is 9.93. The van der Waals surface area contributed by atoms with Gasteiger partial charge in [-0.05, 0) is 13.8 Å². The third-order valence-corrected chi connectivity index (χ3v) is 3.45. The number of fused-ring (bicyclic) bond motifs is 1. The van der Waals surface area contributed by atoms with Gasteiger partial charge in [-0.15, -0.1) is 0 Å². The lowest BCUT2D eigenvalue weighted by Crippen LogP contribution is -2.40. The van der Waals surface area contributed by atoms with Gasteiger partial charge in [0.05, 0.1) is 12.5 Å². The van der Waals surface area contributed by atoms with Crippen molar-refractivity contribution in [2.24, 2.45) is 5.41 Å². The highest BCUT2D eigenvalue weighted by atomic mass is 16.5. The highest BCUT2D eigenvalue weighted by Gasteiger charge is 2.30. The maximum absolute atomic E-state index is 12.2. The average molecular weight is 280 g/mol. The van der Waals surface area contributed by atoms with E-state index in [1.807, 2.05) is 0 Å². The molecule has 0 fully saturated rings. The summed E-state index contributed by atoms with van der Waals surface area (Å²) in [7, 11) is 1.33. The van der Waals surface area contributed by atoms with Crippen LogP contribution in [0.15, 0.2) is 0 Å². The van der Waals surface area contributed by atoms with E-state index in [4.69, 9.17) is 4.74 Å². The highest BCUT2D eigenvalue weighted by Crippen LogP contribution is 2.17. The molecule has 7 heteroatoms. The van der Waals surface area contributed by atoms with Crippen LogP contribution in [0.3, 0.4) is 0 Å². The molecule has 0 spiro atoms. The molecule has 2 heterocycles. The molecule has 0 unspecified atom stereocenters. The van der Waals surface area contributed by atoms with E-state index >= 15 is 0 Å². The van der Waals surface area contributed by atoms with Gasteiger partial charge < -0.3 is 15.4 Å². The number of H-pyrrole nitrogens is 1. The van der Waals surface area contributed by atoms with E-state index in [0.29, 0.717) is 12.2 Å². The zero-order valence-electron chi connectivity index (χ0n) is 12.0. The summed E-state index contributed by atoms with van der Waals surface area (Å²) in [6.45, 7) is 5.16. The van der Waals surface area contributed by atoms with Crippen LogP contribution in [0.2, 0.25) is 0 Å². The van der Waals surface area contributed by atoms with Crippen LogP contribution in [0.1, 0.15) is 35.6 Å². The maximum Gasteiger partial charge on any atom is 0.313 e. The molecule has 1 aliphatic heterocycles. The van der Waals surface area contributed by atoms with Crippen molar-refractivity contribution >= 4 is 11.9 Å². The lowest BCUT2D eigenvalue weighted by molar-refractivity contribution is -0.150. The third-order valence-electron chi connectivity index (χ3n) is 3.45. The molecule has 0 aliphatic carbocycles. The maximum atomic E-state index is 12.2. The van der Waals surface area contributed by atoms with Crippen LogP contribution < -0.4 is 10.6 Å². The van der Waals surface area contributed by atoms with E-state index < -0.39 is 5.41 Å². The number of nitrogens with zero attached hydrogens (tertiary/aromatic N) is 1. The Labute approximate surface area is 117 Å². The fourth-order valence-corrected chi connectivity index (χ4v) is 2.15. The fraction of sp³-hybridized carbons (Fsp3) is 0.615. The number of carbonyl (C=O) groups excluding carboxylic acids is 2. The van der Waals surface area contributed by atoms with Crippen molar-refractivity contribution in [1.29, 1.82) is 0 Å². The van der Waals surface area contributed by atoms with Crippen LogP contribution in [0.25, 0.3) is 0 Å². The van der Waals surface area contributed by atoms with Crippen LogP contribution in [0, 0.1) is 5.41 Å². The molecular weight excluding hydrogens is 260 g/mol. The van der Waals surface area contributed by atoms with Gasteiger partial charge in [0, 0.05) is 37.3 Å². The summed E-state index contributed by atoms with van der Waals surface area (Å²) in [4.78, 5) is 23.7. The van der Waals surface area contributed by atoms with Gasteiger partial charge in [0.25, 0.3) is 5.91 Å². The van der Waals surface area contributed by atoms with Gasteiger partial charge >= 0.3 is 5.97 Å². The van der Waals surface area contributed by atoms with Crippen molar-refractivity contribution in [1.82, 2.24) is 20.8 Å². The van der Waals surface area contributed by atoms with E-state index in [0.717, 1.165) is 24.2 Å². The minimum Gasteiger partial charge on any atom is -0.469 e. The Hall–Kier alpha value is -1.89. The number of ether oxygens (including phenoxy) is 1. The van der Waals surface area contributed by atoms with Gasteiger partial charge in [-0.25, -0.2) is 0 Å². The molecule has 0 bridgehead atoms. The molecule has 1 aromatic rings. The molecule has 0 radical (unpaired) electrons. The van der Waals surface area contributed by atoms with Crippen LogP contribution in [0.5, 0.6) is 0 Å². The van der Waals surface area contributed by atoms with Crippen molar-refractivity contribution in [3.63, 3.8) is 0 Å². The van der Waals surface area contributed by atoms with Gasteiger partial charge in [-0.2, -0.15) is 5.10 Å². The zero-order chi connectivity index (χ0) is 14.8. The Kier molecular flexibility index (Phi) is 4.08. The first kappa shape index (κ1) is 14.5. The van der Waals surface area contributed by atoms with E-state index in [1.54, 1.807) is 13.8 Å². The number of nitrogens with one attached hydrogen (secondary N) is 3. The number of rotatable bonds is 4. The molecule has 0 aromatic carbocycles. The van der Waals surface area contributed by atoms with Crippen LogP contribution in [-0.2, 0) is 22.5 Å². The summed E-state index contributed by atoms with van der Waals surface area (Å²) in [5.74, 6) is -0.633. The Morgan fingerprint density at radius 1 is 1.45 bits per heavy atom. The second-order valence-electron chi connectivity index (χ2n) is 5.51. The van der Waals surface area contributed by atoms with Crippen LogP contribution in [-0.4, -0.2) is 42.3 Å². The number of hydrogen-bond donors (Lipinski definition) is 3. The van der Waals surface area contributed by atoms with Gasteiger partial charge in [-0.3, -0.25) is 14.7 Å². The molecule has 0 saturated heterocycles. The lowest BCUT2D eigenvalue weighted by Gasteiger charge is -2.21. The Bertz CT molecular complexity index is 522. The Balaban J connectivity index is 2.02. The quantitative estimate of drug-likeness (QED) is 0.674. The van der Waals surface area contributed by atoms with Crippen molar-refractivity contribution in [3.05, 3.63) is 17.0 Å². The molecule has 1 aromatic heterocycles. The first-order valence-electron chi connectivity index (χ1n) is 6.59. The summed E-state index contributed by atoms with van der Waals surface area (Å²) in [5.41, 5.74) is 1.54. The second-order valence-corrected chi connectivity index (χ2v) is 5.51. The topological polar surface area (TPSA) is 96.1 Å². The van der Waals surface area contributed by atoms with Crippen molar-refractivity contribution < 1.29 is 14.3 Å². The number of aromatic amines is 1. The summed E-state index contributed by atoms with van der Waals surface area (Å²) < 4.78 is 4.71. The van der Waals surface area contributed by atoms with Gasteiger partial charge in [0.2, 0.25) is 0 Å². The number of methoxy groups -OCH3 is 1. The summed E-state index contributed by atoms with van der Waals surface area (Å²) in [5, 5.41) is 12.9. The standard InChI is InChI=1S/C13H20N4O3/c1-13(2,12(19)20-3)7-15-11(18)10-8-6-14-5-4-9(8)16-17-10/h14H,4-7H2,1-3H3,(H,15,18)(H,16,17). The van der Waals surface area contributed by atoms with Gasteiger partial charge in [0.15, 0.2) is 5.69 Å². The monoisotopic (exact) mass is 280 g/mol. The van der Waals surface area contributed by atoms with Crippen LogP contribution in [0.4, 0.5) is 0 Å². The minimum atomic E-state index is -0.765. The zero-order valence-corrected chi connectivity index (χ0v) is 12.0. The molecule has 0 atom stereocenters. The molecule has 110 valence electrons. The minimum absolute atomic E-state index is 0.202. The van der Waals surface area contributed by atoms with E-state index in [9.17, 15) is 9.59 Å². The Morgan fingerprint density at radius 3 is 2.90 bits per heavy atom. The van der Waals surface area contributed by atoms with Crippen LogP contribution >= 0.6 is 0 Å². The Morgan fingerprint density at radius 2 is 2.20 bits per heavy atom. The normalized spacial score (nSPS) is 14.6. The third kappa shape index (κ3) is 2.82. The summed E-state index contributed by atoms with van der Waals surface area (Å²) in [6, 6.07) is 0. The van der Waals surface area contributed by atoms with Crippen molar-refractivity contribution in [3.8, 4) is 0 Å². The molecular formula is C13H20N4O3. The number of aromatic nitrogens is 2. The second kappa shape index (κ2) is 5.62. The highest BCUT2D eigenvalue weighted by molar-refractivity contribution is 5.94. The number of hydrogen-bond acceptors (Lipinski definition) is 5. The number of esters is 1. The summed E-state index contributed by atoms with van der Waals surface area (Å²) >= 11 is 0. The fourth-order valence-electron chi connectivity index (χ4n) is 2.15. The van der Waals surface area contributed by atoms with E-state index in [2.05, 4.69) is 20.8 Å². The predicted molar refractivity (Wildman–Crippen MR) is 72.1 cm³/mol. The molecule has 20 heavy (non-hydrogen) atoms. The van der Waals surface area contributed by atoms with Gasteiger partial charge in [-0.1, -0.05) is 0 Å². The largest absolute Gasteiger partial charge is 0.469 e. The molecule has 0 saturated carbocycles. The predicted octanol–water partition coefficient (Wildman–Crippen LogP) is -0.0156. The molecule has 2 rings (SSSR count). The first-order valence-corrected chi connectivity index (χ1v) is 6.59. The van der Waals surface area contributed by atoms with Crippen molar-refractivity contribution in [2.45, 2.75) is 26.8 Å². The molecule has 7 nitrogen and oxygen atoms in total.